The Balaban J connectivity index is 1.28. The molecule has 0 radical (unpaired) electrons. The Labute approximate surface area is 228 Å². The Kier molecular flexibility index (Phi) is 9.32. The molecular formula is C29H32N4O5S. The van der Waals surface area contributed by atoms with E-state index in [4.69, 9.17) is 0 Å². The fourth-order valence-corrected chi connectivity index (χ4v) is 6.10. The summed E-state index contributed by atoms with van der Waals surface area (Å²) in [6.45, 7) is 1.92. The van der Waals surface area contributed by atoms with E-state index in [9.17, 15) is 22.9 Å². The summed E-state index contributed by atoms with van der Waals surface area (Å²) >= 11 is 0. The monoisotopic (exact) mass is 548 g/mol. The zero-order valence-corrected chi connectivity index (χ0v) is 22.6. The summed E-state index contributed by atoms with van der Waals surface area (Å²) in [6.07, 6.45) is 6.36. The molecule has 1 fully saturated rings. The molecule has 4 rings (SSSR count). The zero-order valence-electron chi connectivity index (χ0n) is 21.7. The lowest BCUT2D eigenvalue weighted by Crippen LogP contribution is -2.41. The molecule has 0 spiro atoms. The molecule has 1 aliphatic rings. The van der Waals surface area contributed by atoms with Crippen LogP contribution in [-0.4, -0.2) is 31.3 Å². The zero-order chi connectivity index (χ0) is 27.8. The van der Waals surface area contributed by atoms with Gasteiger partial charge in [0.15, 0.2) is 0 Å². The van der Waals surface area contributed by atoms with Gasteiger partial charge in [-0.15, -0.1) is 4.91 Å². The predicted octanol–water partition coefficient (Wildman–Crippen LogP) is 4.69. The number of hydrogen-bond acceptors (Lipinski definition) is 6. The minimum absolute atomic E-state index is 0.0113. The van der Waals surface area contributed by atoms with Crippen LogP contribution in [0.2, 0.25) is 0 Å². The van der Waals surface area contributed by atoms with Gasteiger partial charge in [-0.25, -0.2) is 13.1 Å². The number of amides is 2. The molecule has 1 heterocycles. The highest BCUT2D eigenvalue weighted by Gasteiger charge is 2.29. The van der Waals surface area contributed by atoms with Crippen molar-refractivity contribution in [2.75, 3.05) is 0 Å². The Morgan fingerprint density at radius 2 is 1.62 bits per heavy atom. The minimum Gasteiger partial charge on any atom is -0.349 e. The highest BCUT2D eigenvalue weighted by atomic mass is 32.2. The van der Waals surface area contributed by atoms with E-state index in [2.05, 4.69) is 20.2 Å². The van der Waals surface area contributed by atoms with Gasteiger partial charge >= 0.3 is 0 Å². The first-order valence-corrected chi connectivity index (χ1v) is 14.5. The van der Waals surface area contributed by atoms with Crippen LogP contribution in [0.5, 0.6) is 0 Å². The molecule has 2 aromatic carbocycles. The lowest BCUT2D eigenvalue weighted by molar-refractivity contribution is -0.126. The van der Waals surface area contributed by atoms with Crippen molar-refractivity contribution in [2.45, 2.75) is 62.4 Å². The van der Waals surface area contributed by atoms with Gasteiger partial charge in [0.05, 0.1) is 10.9 Å². The molecule has 10 heteroatoms. The van der Waals surface area contributed by atoms with Gasteiger partial charge in [-0.05, 0) is 79.5 Å². The summed E-state index contributed by atoms with van der Waals surface area (Å²) in [6, 6.07) is 17.6. The number of aromatic nitrogens is 1. The first kappa shape index (κ1) is 28.3. The third-order valence-corrected chi connectivity index (χ3v) is 8.68. The molecule has 0 saturated heterocycles. The van der Waals surface area contributed by atoms with Crippen molar-refractivity contribution in [3.63, 3.8) is 0 Å². The van der Waals surface area contributed by atoms with Crippen LogP contribution in [0.4, 0.5) is 0 Å². The van der Waals surface area contributed by atoms with Gasteiger partial charge in [0, 0.05) is 36.0 Å². The van der Waals surface area contributed by atoms with Crippen molar-refractivity contribution in [3.8, 4) is 11.1 Å². The second-order valence-corrected chi connectivity index (χ2v) is 11.6. The van der Waals surface area contributed by atoms with Crippen LogP contribution in [-0.2, 0) is 26.0 Å². The van der Waals surface area contributed by atoms with E-state index >= 15 is 0 Å². The van der Waals surface area contributed by atoms with Gasteiger partial charge in [0.2, 0.25) is 15.9 Å². The SMILES string of the molecule is C[C@@H](NC(=O)C1CCC(NS(=O)(=O)c2ccc(-c3ccc(CCC(=O)N=O)cc3)cc2)CC1)c1cccnc1. The van der Waals surface area contributed by atoms with Crippen molar-refractivity contribution < 1.29 is 18.0 Å². The maximum absolute atomic E-state index is 13.0. The van der Waals surface area contributed by atoms with E-state index in [-0.39, 0.29) is 35.2 Å². The van der Waals surface area contributed by atoms with Crippen LogP contribution in [0.1, 0.15) is 56.2 Å². The van der Waals surface area contributed by atoms with Gasteiger partial charge in [-0.3, -0.25) is 14.6 Å². The van der Waals surface area contributed by atoms with Crippen LogP contribution < -0.4 is 10.0 Å². The molecule has 39 heavy (non-hydrogen) atoms. The van der Waals surface area contributed by atoms with Gasteiger partial charge in [-0.2, -0.15) is 0 Å². The van der Waals surface area contributed by atoms with Crippen LogP contribution in [0, 0.1) is 10.8 Å². The molecule has 3 aromatic rings. The van der Waals surface area contributed by atoms with E-state index in [1.54, 1.807) is 36.7 Å². The van der Waals surface area contributed by atoms with Crippen molar-refractivity contribution in [2.24, 2.45) is 11.1 Å². The molecule has 2 amide bonds. The van der Waals surface area contributed by atoms with Crippen molar-refractivity contribution in [3.05, 3.63) is 89.1 Å². The van der Waals surface area contributed by atoms with Gasteiger partial charge in [-0.1, -0.05) is 42.5 Å². The van der Waals surface area contributed by atoms with Crippen LogP contribution >= 0.6 is 0 Å². The Bertz CT molecular complexity index is 1390. The number of aryl methyl sites for hydroxylation is 1. The molecule has 0 aliphatic heterocycles. The van der Waals surface area contributed by atoms with Crippen molar-refractivity contribution in [1.29, 1.82) is 0 Å². The van der Waals surface area contributed by atoms with Crippen molar-refractivity contribution in [1.82, 2.24) is 15.0 Å². The maximum Gasteiger partial charge on any atom is 0.286 e. The Morgan fingerprint density at radius 1 is 0.974 bits per heavy atom. The summed E-state index contributed by atoms with van der Waals surface area (Å²) in [7, 11) is -3.70. The van der Waals surface area contributed by atoms with E-state index in [0.29, 0.717) is 32.1 Å². The summed E-state index contributed by atoms with van der Waals surface area (Å²) in [4.78, 5) is 38.3. The fraction of sp³-hybridized carbons (Fsp3) is 0.345. The van der Waals surface area contributed by atoms with Crippen LogP contribution in [0.15, 0.2) is 83.1 Å². The second-order valence-electron chi connectivity index (χ2n) is 9.89. The Morgan fingerprint density at radius 3 is 2.21 bits per heavy atom. The number of hydrogen-bond donors (Lipinski definition) is 2. The molecule has 204 valence electrons. The standard InChI is InChI=1S/C29H32N4O5S/c1-20(25-3-2-18-30-19-25)31-29(35)24-9-13-26(14-10-24)33-39(37,38)27-15-11-23(12-16-27)22-7-4-21(5-8-22)6-17-28(34)32-36/h2-5,7-8,11-12,15-16,18-20,24,26,33H,6,9-10,13-14,17H2,1H3,(H,31,35)/t20-,24?,26?/m1/s1. The lowest BCUT2D eigenvalue weighted by Gasteiger charge is -2.29. The molecule has 2 N–H and O–H groups in total. The number of nitrogens with zero attached hydrogens (tertiary/aromatic N) is 2. The maximum atomic E-state index is 13.0. The molecule has 0 unspecified atom stereocenters. The minimum atomic E-state index is -3.70. The molecule has 1 aromatic heterocycles. The number of nitrogens with one attached hydrogen (secondary N) is 2. The number of pyridine rings is 1. The quantitative estimate of drug-likeness (QED) is 0.353. The molecule has 0 bridgehead atoms. The molecule has 1 atom stereocenters. The van der Waals surface area contributed by atoms with E-state index in [1.807, 2.05) is 43.3 Å². The molecule has 1 saturated carbocycles. The van der Waals surface area contributed by atoms with Crippen molar-refractivity contribution >= 4 is 21.8 Å². The highest BCUT2D eigenvalue weighted by molar-refractivity contribution is 7.89. The Hall–Kier alpha value is -3.76. The normalized spacial score (nSPS) is 18.2. The first-order valence-electron chi connectivity index (χ1n) is 13.0. The second kappa shape index (κ2) is 12.9. The largest absolute Gasteiger partial charge is 0.349 e. The smallest absolute Gasteiger partial charge is 0.286 e. The molecule has 1 aliphatic carbocycles. The molecular weight excluding hydrogens is 516 g/mol. The third-order valence-electron chi connectivity index (χ3n) is 7.14. The van der Waals surface area contributed by atoms with E-state index in [0.717, 1.165) is 22.3 Å². The number of carbonyl (C=O) groups excluding carboxylic acids is 2. The highest BCUT2D eigenvalue weighted by Crippen LogP contribution is 2.27. The average Bonchev–Trinajstić information content (AvgIpc) is 2.96. The molecule has 9 nitrogen and oxygen atoms in total. The average molecular weight is 549 g/mol. The number of carbonyl (C=O) groups is 2. The number of rotatable bonds is 10. The van der Waals surface area contributed by atoms with Crippen LogP contribution in [0.25, 0.3) is 11.1 Å². The lowest BCUT2D eigenvalue weighted by atomic mass is 9.85. The summed E-state index contributed by atoms with van der Waals surface area (Å²) < 4.78 is 28.8. The predicted molar refractivity (Wildman–Crippen MR) is 148 cm³/mol. The fourth-order valence-electron chi connectivity index (χ4n) is 4.79. The summed E-state index contributed by atoms with van der Waals surface area (Å²) in [5.41, 5.74) is 3.62. The third kappa shape index (κ3) is 7.64. The number of nitroso groups, excluding NO2 is 1. The van der Waals surface area contributed by atoms with Gasteiger partial charge in [0.25, 0.3) is 5.91 Å². The van der Waals surface area contributed by atoms with Gasteiger partial charge < -0.3 is 5.32 Å². The number of sulfonamides is 1. The van der Waals surface area contributed by atoms with Gasteiger partial charge in [0.1, 0.15) is 0 Å². The topological polar surface area (TPSA) is 135 Å². The van der Waals surface area contributed by atoms with E-state index < -0.39 is 15.9 Å². The van der Waals surface area contributed by atoms with E-state index in [1.165, 1.54) is 0 Å². The summed E-state index contributed by atoms with van der Waals surface area (Å²) in [5.74, 6) is -0.824. The van der Waals surface area contributed by atoms with Crippen LogP contribution in [0.3, 0.4) is 0 Å². The first-order chi connectivity index (χ1) is 18.7. The summed E-state index contributed by atoms with van der Waals surface area (Å²) in [5, 5.41) is 5.44. The number of benzene rings is 2.